The lowest BCUT2D eigenvalue weighted by molar-refractivity contribution is 0.302. The maximum Gasteiger partial charge on any atom is 0.0107 e. The molecular formula is C22H32N2. The quantitative estimate of drug-likeness (QED) is 0.633. The molecule has 0 radical (unpaired) electrons. The van der Waals surface area contributed by atoms with Crippen LogP contribution in [0.15, 0.2) is 54.6 Å². The van der Waals surface area contributed by atoms with Crippen LogP contribution in [0.4, 0.5) is 0 Å². The lowest BCUT2D eigenvalue weighted by Gasteiger charge is -2.19. The predicted octanol–water partition coefficient (Wildman–Crippen LogP) is 4.78. The van der Waals surface area contributed by atoms with E-state index >= 15 is 0 Å². The van der Waals surface area contributed by atoms with Gasteiger partial charge >= 0.3 is 0 Å². The molecule has 1 N–H and O–H groups in total. The van der Waals surface area contributed by atoms with Crippen molar-refractivity contribution in [3.8, 4) is 11.1 Å². The minimum atomic E-state index is 0.558. The highest BCUT2D eigenvalue weighted by Crippen LogP contribution is 2.30. The molecule has 0 aliphatic carbocycles. The Morgan fingerprint density at radius 1 is 0.875 bits per heavy atom. The first-order valence-corrected chi connectivity index (χ1v) is 9.33. The minimum Gasteiger partial charge on any atom is -0.315 e. The minimum absolute atomic E-state index is 0.558. The average molecular weight is 325 g/mol. The lowest BCUT2D eigenvalue weighted by Crippen LogP contribution is -2.32. The monoisotopic (exact) mass is 324 g/mol. The Morgan fingerprint density at radius 2 is 1.54 bits per heavy atom. The summed E-state index contributed by atoms with van der Waals surface area (Å²) < 4.78 is 0. The number of benzene rings is 2. The van der Waals surface area contributed by atoms with Crippen LogP contribution in [0.1, 0.15) is 38.7 Å². The molecule has 130 valence electrons. The van der Waals surface area contributed by atoms with E-state index in [1.807, 2.05) is 0 Å². The van der Waals surface area contributed by atoms with Gasteiger partial charge in [-0.05, 0) is 48.7 Å². The van der Waals surface area contributed by atoms with Gasteiger partial charge in [0, 0.05) is 13.1 Å². The first-order valence-electron chi connectivity index (χ1n) is 9.33. The molecule has 0 bridgehead atoms. The molecule has 2 heteroatoms. The van der Waals surface area contributed by atoms with Crippen LogP contribution >= 0.6 is 0 Å². The molecule has 0 spiro atoms. The van der Waals surface area contributed by atoms with Gasteiger partial charge in [-0.3, -0.25) is 0 Å². The van der Waals surface area contributed by atoms with Crippen molar-refractivity contribution < 1.29 is 0 Å². The summed E-state index contributed by atoms with van der Waals surface area (Å²) >= 11 is 0. The van der Waals surface area contributed by atoms with Gasteiger partial charge in [-0.15, -0.1) is 0 Å². The van der Waals surface area contributed by atoms with E-state index < -0.39 is 0 Å². The van der Waals surface area contributed by atoms with Crippen LogP contribution < -0.4 is 5.32 Å². The zero-order valence-electron chi connectivity index (χ0n) is 15.5. The first kappa shape index (κ1) is 18.7. The molecule has 2 aromatic carbocycles. The van der Waals surface area contributed by atoms with Crippen LogP contribution in [0.25, 0.3) is 11.1 Å². The second-order valence-electron chi connectivity index (χ2n) is 6.42. The van der Waals surface area contributed by atoms with Gasteiger partial charge in [0.05, 0.1) is 0 Å². The van der Waals surface area contributed by atoms with E-state index in [9.17, 15) is 0 Å². The van der Waals surface area contributed by atoms with E-state index in [0.717, 1.165) is 32.7 Å². The number of likely N-dealkylation sites (N-methyl/N-ethyl adjacent to an activating group) is 1. The average Bonchev–Trinajstić information content (AvgIpc) is 2.65. The molecule has 2 nitrogen and oxygen atoms in total. The molecule has 0 fully saturated rings. The molecule has 0 saturated carbocycles. The molecule has 1 atom stereocenters. The second-order valence-corrected chi connectivity index (χ2v) is 6.42. The first-order chi connectivity index (χ1) is 11.8. The lowest BCUT2D eigenvalue weighted by atomic mass is 9.90. The predicted molar refractivity (Wildman–Crippen MR) is 106 cm³/mol. The van der Waals surface area contributed by atoms with Gasteiger partial charge in [0.25, 0.3) is 0 Å². The van der Waals surface area contributed by atoms with Gasteiger partial charge in [0.15, 0.2) is 0 Å². The van der Waals surface area contributed by atoms with E-state index in [1.165, 1.54) is 23.1 Å². The maximum atomic E-state index is 3.60. The third-order valence-electron chi connectivity index (χ3n) is 4.83. The van der Waals surface area contributed by atoms with Crippen molar-refractivity contribution in [3.05, 3.63) is 60.2 Å². The van der Waals surface area contributed by atoms with Crippen molar-refractivity contribution in [3.63, 3.8) is 0 Å². The normalized spacial score (nSPS) is 12.5. The molecule has 0 saturated heterocycles. The number of nitrogens with one attached hydrogen (secondary N) is 1. The Balaban J connectivity index is 1.88. The molecule has 0 aliphatic heterocycles. The van der Waals surface area contributed by atoms with E-state index in [-0.39, 0.29) is 0 Å². The van der Waals surface area contributed by atoms with Crippen molar-refractivity contribution in [1.29, 1.82) is 0 Å². The fourth-order valence-electron chi connectivity index (χ4n) is 3.18. The van der Waals surface area contributed by atoms with Crippen LogP contribution in [-0.4, -0.2) is 37.6 Å². The van der Waals surface area contributed by atoms with Crippen molar-refractivity contribution in [2.24, 2.45) is 0 Å². The fraction of sp³-hybridized carbons (Fsp3) is 0.455. The number of nitrogens with zero attached hydrogens (tertiary/aromatic N) is 1. The highest BCUT2D eigenvalue weighted by molar-refractivity contribution is 5.67. The fourth-order valence-corrected chi connectivity index (χ4v) is 3.18. The van der Waals surface area contributed by atoms with Crippen LogP contribution in [-0.2, 0) is 0 Å². The SMILES string of the molecule is CCN(CC)CCNCCC(C)c1ccccc1-c1ccccc1. The molecule has 2 rings (SSSR count). The zero-order chi connectivity index (χ0) is 17.2. The molecular weight excluding hydrogens is 292 g/mol. The van der Waals surface area contributed by atoms with Crippen LogP contribution in [0, 0.1) is 0 Å². The van der Waals surface area contributed by atoms with E-state index in [1.54, 1.807) is 0 Å². The van der Waals surface area contributed by atoms with Gasteiger partial charge in [-0.1, -0.05) is 75.4 Å². The van der Waals surface area contributed by atoms with Crippen molar-refractivity contribution in [2.45, 2.75) is 33.1 Å². The van der Waals surface area contributed by atoms with Gasteiger partial charge in [0.2, 0.25) is 0 Å². The van der Waals surface area contributed by atoms with Crippen molar-refractivity contribution in [1.82, 2.24) is 10.2 Å². The van der Waals surface area contributed by atoms with Crippen molar-refractivity contribution >= 4 is 0 Å². The molecule has 0 aromatic heterocycles. The zero-order valence-corrected chi connectivity index (χ0v) is 15.5. The number of hydrogen-bond acceptors (Lipinski definition) is 2. The molecule has 1 unspecified atom stereocenters. The van der Waals surface area contributed by atoms with Crippen LogP contribution in [0.3, 0.4) is 0 Å². The number of hydrogen-bond donors (Lipinski definition) is 1. The Morgan fingerprint density at radius 3 is 2.25 bits per heavy atom. The molecule has 24 heavy (non-hydrogen) atoms. The van der Waals surface area contributed by atoms with E-state index in [0.29, 0.717) is 5.92 Å². The molecule has 0 heterocycles. The number of rotatable bonds is 10. The molecule has 0 aliphatic rings. The van der Waals surface area contributed by atoms with Crippen molar-refractivity contribution in [2.75, 3.05) is 32.7 Å². The van der Waals surface area contributed by atoms with Gasteiger partial charge in [-0.25, -0.2) is 0 Å². The Hall–Kier alpha value is -1.64. The summed E-state index contributed by atoms with van der Waals surface area (Å²) in [7, 11) is 0. The van der Waals surface area contributed by atoms with E-state index in [4.69, 9.17) is 0 Å². The third kappa shape index (κ3) is 5.47. The maximum absolute atomic E-state index is 3.60. The smallest absolute Gasteiger partial charge is 0.0107 e. The summed E-state index contributed by atoms with van der Waals surface area (Å²) in [5.74, 6) is 0.558. The summed E-state index contributed by atoms with van der Waals surface area (Å²) in [6.45, 7) is 12.4. The highest BCUT2D eigenvalue weighted by atomic mass is 15.1. The standard InChI is InChI=1S/C22H32N2/c1-4-24(5-2)18-17-23-16-15-19(3)21-13-9-10-14-22(21)20-11-7-6-8-12-20/h6-14,19,23H,4-5,15-18H2,1-3H3. The summed E-state index contributed by atoms with van der Waals surface area (Å²) in [6, 6.07) is 19.5. The van der Waals surface area contributed by atoms with Crippen LogP contribution in [0.5, 0.6) is 0 Å². The van der Waals surface area contributed by atoms with Gasteiger partial charge in [0.1, 0.15) is 0 Å². The molecule has 0 amide bonds. The highest BCUT2D eigenvalue weighted by Gasteiger charge is 2.11. The topological polar surface area (TPSA) is 15.3 Å². The summed E-state index contributed by atoms with van der Waals surface area (Å²) in [5, 5.41) is 3.60. The van der Waals surface area contributed by atoms with Crippen LogP contribution in [0.2, 0.25) is 0 Å². The second kappa shape index (κ2) is 10.3. The van der Waals surface area contributed by atoms with Gasteiger partial charge in [-0.2, -0.15) is 0 Å². The Labute approximate surface area is 147 Å². The summed E-state index contributed by atoms with van der Waals surface area (Å²) in [4.78, 5) is 2.46. The summed E-state index contributed by atoms with van der Waals surface area (Å²) in [6.07, 6.45) is 1.17. The summed E-state index contributed by atoms with van der Waals surface area (Å²) in [5.41, 5.74) is 4.14. The largest absolute Gasteiger partial charge is 0.315 e. The van der Waals surface area contributed by atoms with Gasteiger partial charge < -0.3 is 10.2 Å². The molecule has 2 aromatic rings. The third-order valence-corrected chi connectivity index (χ3v) is 4.83. The van der Waals surface area contributed by atoms with E-state index in [2.05, 4.69) is 85.6 Å². The Bertz CT molecular complexity index is 576. The Kier molecular flexibility index (Phi) is 8.00.